The molecule has 1 rings (SSSR count). The quantitative estimate of drug-likeness (QED) is 0.587. The lowest BCUT2D eigenvalue weighted by Crippen LogP contribution is -1.91. The lowest BCUT2D eigenvalue weighted by Gasteiger charge is -1.92. The third-order valence-electron chi connectivity index (χ3n) is 1.85. The highest BCUT2D eigenvalue weighted by Crippen LogP contribution is 2.24. The topological polar surface area (TPSA) is 17.1 Å². The van der Waals surface area contributed by atoms with Crippen molar-refractivity contribution in [2.75, 3.05) is 0 Å². The van der Waals surface area contributed by atoms with E-state index in [2.05, 4.69) is 6.58 Å². The number of rotatable bonds is 2. The molecule has 0 atom stereocenters. The van der Waals surface area contributed by atoms with Crippen LogP contribution in [0.1, 0.15) is 19.8 Å². The van der Waals surface area contributed by atoms with Crippen LogP contribution < -0.4 is 0 Å². The van der Waals surface area contributed by atoms with Crippen molar-refractivity contribution < 1.29 is 4.79 Å². The van der Waals surface area contributed by atoms with Crippen LogP contribution in [0.25, 0.3) is 0 Å². The Morgan fingerprint density at radius 2 is 2.18 bits per heavy atom. The second-order valence-corrected chi connectivity index (χ2v) is 2.57. The summed E-state index contributed by atoms with van der Waals surface area (Å²) in [4.78, 5) is 11.2. The predicted octanol–water partition coefficient (Wildman–Crippen LogP) is 2.41. The van der Waals surface area contributed by atoms with Gasteiger partial charge in [0.15, 0.2) is 5.78 Å². The SMILES string of the molecule is C=CC1=C(/C=C\C)C(=O)CC1. The Kier molecular flexibility index (Phi) is 2.42. The van der Waals surface area contributed by atoms with Gasteiger partial charge in [0, 0.05) is 12.0 Å². The molecule has 58 valence electrons. The summed E-state index contributed by atoms with van der Waals surface area (Å²) in [6.07, 6.45) is 7.05. The van der Waals surface area contributed by atoms with E-state index >= 15 is 0 Å². The molecule has 1 nitrogen and oxygen atoms in total. The van der Waals surface area contributed by atoms with Crippen molar-refractivity contribution in [2.24, 2.45) is 0 Å². The molecule has 0 aliphatic heterocycles. The van der Waals surface area contributed by atoms with Crippen molar-refractivity contribution in [3.8, 4) is 0 Å². The van der Waals surface area contributed by atoms with Gasteiger partial charge in [-0.3, -0.25) is 4.79 Å². The van der Waals surface area contributed by atoms with Gasteiger partial charge in [-0.1, -0.05) is 24.8 Å². The minimum atomic E-state index is 0.248. The molecule has 11 heavy (non-hydrogen) atoms. The van der Waals surface area contributed by atoms with E-state index in [0.29, 0.717) is 6.42 Å². The Balaban J connectivity index is 2.98. The Morgan fingerprint density at radius 3 is 2.73 bits per heavy atom. The minimum absolute atomic E-state index is 0.248. The van der Waals surface area contributed by atoms with Crippen LogP contribution in [0.5, 0.6) is 0 Å². The zero-order valence-electron chi connectivity index (χ0n) is 6.76. The van der Waals surface area contributed by atoms with E-state index < -0.39 is 0 Å². The number of carbonyl (C=O) groups is 1. The Labute approximate surface area is 67.1 Å². The molecule has 0 saturated heterocycles. The minimum Gasteiger partial charge on any atom is -0.294 e. The number of carbonyl (C=O) groups excluding carboxylic acids is 1. The van der Waals surface area contributed by atoms with Gasteiger partial charge in [-0.05, 0) is 18.9 Å². The largest absolute Gasteiger partial charge is 0.294 e. The molecular weight excluding hydrogens is 136 g/mol. The van der Waals surface area contributed by atoms with Crippen molar-refractivity contribution in [2.45, 2.75) is 19.8 Å². The number of allylic oxidation sites excluding steroid dienone is 5. The lowest BCUT2D eigenvalue weighted by atomic mass is 10.1. The van der Waals surface area contributed by atoms with Gasteiger partial charge in [0.1, 0.15) is 0 Å². The second kappa shape index (κ2) is 3.33. The summed E-state index contributed by atoms with van der Waals surface area (Å²) in [5.41, 5.74) is 1.94. The fraction of sp³-hybridized carbons (Fsp3) is 0.300. The molecule has 0 bridgehead atoms. The zero-order valence-corrected chi connectivity index (χ0v) is 6.76. The summed E-state index contributed by atoms with van der Waals surface area (Å²) >= 11 is 0. The summed E-state index contributed by atoms with van der Waals surface area (Å²) in [5, 5.41) is 0. The van der Waals surface area contributed by atoms with Gasteiger partial charge >= 0.3 is 0 Å². The first-order chi connectivity index (χ1) is 5.29. The molecule has 1 heteroatoms. The molecule has 0 heterocycles. The van der Waals surface area contributed by atoms with Crippen molar-refractivity contribution in [1.82, 2.24) is 0 Å². The van der Waals surface area contributed by atoms with Gasteiger partial charge in [-0.2, -0.15) is 0 Å². The predicted molar refractivity (Wildman–Crippen MR) is 46.3 cm³/mol. The van der Waals surface area contributed by atoms with Crippen LogP contribution in [0.2, 0.25) is 0 Å². The molecular formula is C10H12O. The van der Waals surface area contributed by atoms with Crippen LogP contribution in [0, 0.1) is 0 Å². The second-order valence-electron chi connectivity index (χ2n) is 2.57. The fourth-order valence-electron chi connectivity index (χ4n) is 1.28. The maximum Gasteiger partial charge on any atom is 0.163 e. The highest BCUT2D eigenvalue weighted by molar-refractivity contribution is 6.01. The van der Waals surface area contributed by atoms with Crippen LogP contribution in [-0.2, 0) is 4.79 Å². The summed E-state index contributed by atoms with van der Waals surface area (Å²) < 4.78 is 0. The number of Topliss-reactive ketones (excluding diaryl/α,β-unsaturated/α-hetero) is 1. The van der Waals surface area contributed by atoms with Crippen LogP contribution in [0.3, 0.4) is 0 Å². The Morgan fingerprint density at radius 1 is 1.45 bits per heavy atom. The zero-order chi connectivity index (χ0) is 8.27. The molecule has 0 N–H and O–H groups in total. The van der Waals surface area contributed by atoms with Gasteiger partial charge in [0.25, 0.3) is 0 Å². The van der Waals surface area contributed by atoms with Crippen molar-refractivity contribution in [1.29, 1.82) is 0 Å². The van der Waals surface area contributed by atoms with Crippen LogP contribution in [0.4, 0.5) is 0 Å². The van der Waals surface area contributed by atoms with Gasteiger partial charge < -0.3 is 0 Å². The van der Waals surface area contributed by atoms with Gasteiger partial charge in [0.05, 0.1) is 0 Å². The molecule has 0 unspecified atom stereocenters. The van der Waals surface area contributed by atoms with Crippen molar-refractivity contribution in [3.63, 3.8) is 0 Å². The molecule has 0 fully saturated rings. The third-order valence-corrected chi connectivity index (χ3v) is 1.85. The van der Waals surface area contributed by atoms with E-state index in [1.165, 1.54) is 0 Å². The van der Waals surface area contributed by atoms with E-state index in [4.69, 9.17) is 0 Å². The van der Waals surface area contributed by atoms with Gasteiger partial charge in [0.2, 0.25) is 0 Å². The van der Waals surface area contributed by atoms with Crippen LogP contribution in [-0.4, -0.2) is 5.78 Å². The average Bonchev–Trinajstić information content (AvgIpc) is 2.34. The smallest absolute Gasteiger partial charge is 0.163 e. The Hall–Kier alpha value is -1.11. The number of hydrogen-bond donors (Lipinski definition) is 0. The van der Waals surface area contributed by atoms with E-state index in [9.17, 15) is 4.79 Å². The normalized spacial score (nSPS) is 18.5. The first-order valence-corrected chi connectivity index (χ1v) is 3.81. The number of ketones is 1. The highest BCUT2D eigenvalue weighted by atomic mass is 16.1. The first-order valence-electron chi connectivity index (χ1n) is 3.81. The van der Waals surface area contributed by atoms with E-state index in [1.807, 2.05) is 19.1 Å². The van der Waals surface area contributed by atoms with Crippen molar-refractivity contribution >= 4 is 5.78 Å². The molecule has 0 aromatic heterocycles. The van der Waals surface area contributed by atoms with Crippen molar-refractivity contribution in [3.05, 3.63) is 36.0 Å². The molecule has 0 spiro atoms. The molecule has 0 aromatic carbocycles. The summed E-state index contributed by atoms with van der Waals surface area (Å²) in [6.45, 7) is 5.58. The van der Waals surface area contributed by atoms with E-state index in [-0.39, 0.29) is 5.78 Å². The molecule has 0 aromatic rings. The standard InChI is InChI=1S/C10H12O/c1-3-5-9-8(4-2)6-7-10(9)11/h3-5H,2,6-7H2,1H3/b5-3-. The highest BCUT2D eigenvalue weighted by Gasteiger charge is 2.17. The van der Waals surface area contributed by atoms with Crippen LogP contribution >= 0.6 is 0 Å². The molecule has 0 amide bonds. The maximum absolute atomic E-state index is 11.2. The monoisotopic (exact) mass is 148 g/mol. The average molecular weight is 148 g/mol. The summed E-state index contributed by atoms with van der Waals surface area (Å²) in [6, 6.07) is 0. The van der Waals surface area contributed by atoms with E-state index in [1.54, 1.807) is 6.08 Å². The fourth-order valence-corrected chi connectivity index (χ4v) is 1.28. The molecule has 0 saturated carbocycles. The third kappa shape index (κ3) is 1.48. The van der Waals surface area contributed by atoms with Crippen LogP contribution in [0.15, 0.2) is 36.0 Å². The van der Waals surface area contributed by atoms with Gasteiger partial charge in [-0.25, -0.2) is 0 Å². The molecule has 0 radical (unpaired) electrons. The molecule has 1 aliphatic carbocycles. The van der Waals surface area contributed by atoms with E-state index in [0.717, 1.165) is 17.6 Å². The lowest BCUT2D eigenvalue weighted by molar-refractivity contribution is -0.114. The summed E-state index contributed by atoms with van der Waals surface area (Å²) in [7, 11) is 0. The number of hydrogen-bond acceptors (Lipinski definition) is 1. The maximum atomic E-state index is 11.2. The van der Waals surface area contributed by atoms with Gasteiger partial charge in [-0.15, -0.1) is 0 Å². The molecule has 1 aliphatic rings. The summed E-state index contributed by atoms with van der Waals surface area (Å²) in [5.74, 6) is 0.248. The first kappa shape index (κ1) is 7.99. The Bertz CT molecular complexity index is 244.